The average Bonchev–Trinajstić information content (AvgIpc) is 1.64. The topological polar surface area (TPSA) is 40.5 Å². The molecule has 0 aliphatic rings. The molecular weight excluding hydrogens is 176 g/mol. The number of carboxylic acids is 1. The van der Waals surface area contributed by atoms with Crippen molar-refractivity contribution in [2.45, 2.75) is 5.50 Å². The van der Waals surface area contributed by atoms with Crippen molar-refractivity contribution >= 4 is 41.1 Å². The van der Waals surface area contributed by atoms with Crippen molar-refractivity contribution in [2.75, 3.05) is 0 Å². The van der Waals surface area contributed by atoms with E-state index in [0.29, 0.717) is 3.94 Å². The normalized spacial score (nSPS) is 14.0. The Hall–Kier alpha value is 0.300. The zero-order valence-electron chi connectivity index (χ0n) is 3.51. The maximum Gasteiger partial charge on any atom is 0.339 e. The van der Waals surface area contributed by atoms with E-state index in [9.17, 15) is 4.79 Å². The van der Waals surface area contributed by atoms with Crippen LogP contribution in [0.2, 0.25) is 0 Å². The van der Waals surface area contributed by atoms with Crippen LogP contribution in [0.15, 0.2) is 0 Å². The molecule has 0 aliphatic heterocycles. The Morgan fingerprint density at radius 2 is 2.00 bits per heavy atom. The van der Waals surface area contributed by atoms with Crippen LogP contribution >= 0.6 is 35.2 Å². The molecule has 0 aromatic carbocycles. The fraction of sp³-hybridized carbons (Fsp3) is 0.500. The van der Waals surface area contributed by atoms with Crippen LogP contribution < -0.4 is 0 Å². The Morgan fingerprint density at radius 3 is 2.00 bits per heavy atom. The lowest BCUT2D eigenvalue weighted by molar-refractivity contribution is -0.137. The lowest BCUT2D eigenvalue weighted by atomic mass is 10.7. The second-order valence-electron chi connectivity index (χ2n) is 0.933. The Kier molecular flexibility index (Phi) is 3.48. The van der Waals surface area contributed by atoms with E-state index >= 15 is 0 Å². The highest BCUT2D eigenvalue weighted by molar-refractivity contribution is 6.41. The van der Waals surface area contributed by atoms with Gasteiger partial charge in [0.2, 0.25) is 5.50 Å². The van der Waals surface area contributed by atoms with E-state index < -0.39 is 11.5 Å². The van der Waals surface area contributed by atoms with Crippen molar-refractivity contribution in [1.29, 1.82) is 0 Å². The van der Waals surface area contributed by atoms with Gasteiger partial charge in [0.05, 0.1) is 0 Å². The van der Waals surface area contributed by atoms with Crippen molar-refractivity contribution in [3.05, 3.63) is 0 Å². The molecule has 0 spiro atoms. The largest absolute Gasteiger partial charge is 0.479 e. The number of halogens is 3. The van der Waals surface area contributed by atoms with Crippen LogP contribution in [-0.2, 0) is 4.79 Å². The first-order chi connectivity index (χ1) is 3.55. The number of rotatable bonds is 2. The molecule has 48 valence electrons. The van der Waals surface area contributed by atoms with Crippen molar-refractivity contribution in [1.82, 2.24) is 3.94 Å². The minimum Gasteiger partial charge on any atom is -0.479 e. The Balaban J connectivity index is 3.64. The zero-order chi connectivity index (χ0) is 6.73. The minimum atomic E-state index is -1.38. The Labute approximate surface area is 61.0 Å². The van der Waals surface area contributed by atoms with Gasteiger partial charge in [-0.05, 0) is 23.6 Å². The van der Waals surface area contributed by atoms with Gasteiger partial charge in [-0.3, -0.25) is 0 Å². The third-order valence-corrected chi connectivity index (χ3v) is 1.35. The first-order valence-corrected chi connectivity index (χ1v) is 2.64. The summed E-state index contributed by atoms with van der Waals surface area (Å²) in [5, 5.41) is 8.01. The molecule has 0 fully saturated rings. The summed E-state index contributed by atoms with van der Waals surface area (Å²) in [7, 11) is 0. The second-order valence-corrected chi connectivity index (χ2v) is 2.25. The molecule has 1 N–H and O–H groups in total. The van der Waals surface area contributed by atoms with Crippen LogP contribution in [0.5, 0.6) is 0 Å². The Bertz CT molecular complexity index is 95.3. The first kappa shape index (κ1) is 8.30. The van der Waals surface area contributed by atoms with E-state index in [1.807, 2.05) is 0 Å². The predicted molar refractivity (Wildman–Crippen MR) is 30.8 cm³/mol. The van der Waals surface area contributed by atoms with Gasteiger partial charge in [-0.1, -0.05) is 11.6 Å². The molecule has 0 radical (unpaired) electrons. The smallest absolute Gasteiger partial charge is 0.339 e. The van der Waals surface area contributed by atoms with E-state index in [1.54, 1.807) is 0 Å². The van der Waals surface area contributed by atoms with Crippen LogP contribution in [-0.4, -0.2) is 20.5 Å². The highest BCUT2D eigenvalue weighted by Gasteiger charge is 2.18. The number of aliphatic carboxylic acids is 1. The number of nitrogens with zero attached hydrogens (tertiary/aromatic N) is 1. The highest BCUT2D eigenvalue weighted by Crippen LogP contribution is 2.10. The summed E-state index contributed by atoms with van der Waals surface area (Å²) >= 11 is 14.8. The summed E-state index contributed by atoms with van der Waals surface area (Å²) in [6.07, 6.45) is 0. The Morgan fingerprint density at radius 1 is 1.62 bits per heavy atom. The fourth-order valence-corrected chi connectivity index (χ4v) is 0.250. The van der Waals surface area contributed by atoms with Crippen molar-refractivity contribution < 1.29 is 9.90 Å². The molecule has 0 aromatic heterocycles. The van der Waals surface area contributed by atoms with Crippen molar-refractivity contribution in [2.24, 2.45) is 0 Å². The summed E-state index contributed by atoms with van der Waals surface area (Å²) in [4.78, 5) is 9.80. The van der Waals surface area contributed by atoms with E-state index in [2.05, 4.69) is 0 Å². The van der Waals surface area contributed by atoms with Gasteiger partial charge in [0.15, 0.2) is 0 Å². The van der Waals surface area contributed by atoms with E-state index in [0.717, 1.165) is 0 Å². The molecule has 8 heavy (non-hydrogen) atoms. The molecule has 6 heteroatoms. The zero-order valence-corrected chi connectivity index (χ0v) is 5.78. The van der Waals surface area contributed by atoms with E-state index in [-0.39, 0.29) is 0 Å². The van der Waals surface area contributed by atoms with Gasteiger partial charge >= 0.3 is 5.97 Å². The molecule has 1 atom stereocenters. The third kappa shape index (κ3) is 2.57. The van der Waals surface area contributed by atoms with E-state index in [1.165, 1.54) is 0 Å². The monoisotopic (exact) mass is 177 g/mol. The number of alkyl halides is 1. The number of hydrogen-bond donors (Lipinski definition) is 1. The SMILES string of the molecule is O=C(O)C(Cl)N(Cl)Cl. The van der Waals surface area contributed by atoms with Gasteiger partial charge in [-0.15, -0.1) is 3.94 Å². The van der Waals surface area contributed by atoms with Gasteiger partial charge in [-0.2, -0.15) is 0 Å². The summed E-state index contributed by atoms with van der Waals surface area (Å²) in [5.41, 5.74) is -1.38. The van der Waals surface area contributed by atoms with Crippen LogP contribution in [0.4, 0.5) is 0 Å². The van der Waals surface area contributed by atoms with Crippen molar-refractivity contribution in [3.8, 4) is 0 Å². The molecule has 0 rings (SSSR count). The molecule has 0 bridgehead atoms. The predicted octanol–water partition coefficient (Wildman–Crippen LogP) is 1.25. The van der Waals surface area contributed by atoms with Gasteiger partial charge in [0.1, 0.15) is 0 Å². The van der Waals surface area contributed by atoms with Gasteiger partial charge in [0.25, 0.3) is 0 Å². The molecule has 0 heterocycles. The molecule has 0 saturated heterocycles. The lowest BCUT2D eigenvalue weighted by Gasteiger charge is -2.04. The van der Waals surface area contributed by atoms with Crippen LogP contribution in [0, 0.1) is 0 Å². The van der Waals surface area contributed by atoms with Gasteiger partial charge < -0.3 is 5.11 Å². The lowest BCUT2D eigenvalue weighted by Crippen LogP contribution is -2.22. The quantitative estimate of drug-likeness (QED) is 0.393. The maximum absolute atomic E-state index is 9.80. The molecule has 1 unspecified atom stereocenters. The second kappa shape index (κ2) is 3.35. The minimum absolute atomic E-state index is 0.351. The summed E-state index contributed by atoms with van der Waals surface area (Å²) in [5.74, 6) is -1.28. The molecule has 0 aliphatic carbocycles. The van der Waals surface area contributed by atoms with Crippen LogP contribution in [0.25, 0.3) is 0 Å². The fourth-order valence-electron chi connectivity index (χ4n) is 0.0835. The standard InChI is InChI=1S/C2H2Cl3NO2/c3-1(2(7)8)6(4)5/h1H,(H,7,8). The van der Waals surface area contributed by atoms with Crippen molar-refractivity contribution in [3.63, 3.8) is 0 Å². The summed E-state index contributed by atoms with van der Waals surface area (Å²) in [6, 6.07) is 0. The number of hydrogen-bond acceptors (Lipinski definition) is 2. The average molecular weight is 178 g/mol. The van der Waals surface area contributed by atoms with E-state index in [4.69, 9.17) is 40.3 Å². The number of carbonyl (C=O) groups is 1. The molecule has 3 nitrogen and oxygen atoms in total. The molecule has 0 aromatic rings. The summed E-state index contributed by atoms with van der Waals surface area (Å²) in [6.45, 7) is 0. The van der Waals surface area contributed by atoms with Crippen LogP contribution in [0.3, 0.4) is 0 Å². The summed E-state index contributed by atoms with van der Waals surface area (Å²) < 4.78 is 0.351. The molecule has 0 saturated carbocycles. The number of carboxylic acid groups (broad SMARTS) is 1. The van der Waals surface area contributed by atoms with Gasteiger partial charge in [-0.25, -0.2) is 4.79 Å². The third-order valence-electron chi connectivity index (χ3n) is 0.375. The van der Waals surface area contributed by atoms with Crippen LogP contribution in [0.1, 0.15) is 0 Å². The maximum atomic E-state index is 9.80. The molecular formula is C2H2Cl3NO2. The van der Waals surface area contributed by atoms with Gasteiger partial charge in [0, 0.05) is 0 Å². The highest BCUT2D eigenvalue weighted by atomic mass is 35.5. The molecule has 0 amide bonds. The first-order valence-electron chi connectivity index (χ1n) is 1.53.